The average molecular weight is 235 g/mol. The van der Waals surface area contributed by atoms with Gasteiger partial charge in [0.2, 0.25) is 0 Å². The van der Waals surface area contributed by atoms with Crippen molar-refractivity contribution in [1.82, 2.24) is 5.32 Å². The van der Waals surface area contributed by atoms with Gasteiger partial charge in [0, 0.05) is 6.54 Å². The predicted molar refractivity (Wildman–Crippen MR) is 73.5 cm³/mol. The molecule has 0 aromatic heterocycles. The quantitative estimate of drug-likeness (QED) is 0.821. The van der Waals surface area contributed by atoms with E-state index in [9.17, 15) is 5.11 Å². The number of hydrogen-bond donors (Lipinski definition) is 2. The first-order valence-corrected chi connectivity index (χ1v) is 6.43. The number of aliphatic hydroxyl groups is 1. The van der Waals surface area contributed by atoms with Crippen molar-refractivity contribution in [2.45, 2.75) is 45.6 Å². The van der Waals surface area contributed by atoms with Crippen LogP contribution in [0.15, 0.2) is 18.2 Å². The molecule has 1 unspecified atom stereocenters. The van der Waals surface area contributed by atoms with E-state index in [1.54, 1.807) is 0 Å². The molecule has 2 heteroatoms. The lowest BCUT2D eigenvalue weighted by Crippen LogP contribution is -2.18. The van der Waals surface area contributed by atoms with Crippen molar-refractivity contribution in [3.63, 3.8) is 0 Å². The number of likely N-dealkylation sites (N-methyl/N-ethyl adjacent to an activating group) is 1. The second-order valence-corrected chi connectivity index (χ2v) is 5.27. The SMILES string of the molecule is CNCC(O)c1cc(C(C)C)ccc1C(C)C. The Morgan fingerprint density at radius 3 is 2.18 bits per heavy atom. The zero-order valence-corrected chi connectivity index (χ0v) is 11.6. The highest BCUT2D eigenvalue weighted by atomic mass is 16.3. The molecule has 2 nitrogen and oxygen atoms in total. The van der Waals surface area contributed by atoms with E-state index >= 15 is 0 Å². The minimum absolute atomic E-state index is 0.420. The van der Waals surface area contributed by atoms with Crippen molar-refractivity contribution in [2.75, 3.05) is 13.6 Å². The van der Waals surface area contributed by atoms with Crippen LogP contribution >= 0.6 is 0 Å². The van der Waals surface area contributed by atoms with Gasteiger partial charge in [-0.3, -0.25) is 0 Å². The molecule has 0 saturated carbocycles. The Balaban J connectivity index is 3.15. The van der Waals surface area contributed by atoms with E-state index in [-0.39, 0.29) is 0 Å². The van der Waals surface area contributed by atoms with E-state index in [1.807, 2.05) is 7.05 Å². The maximum Gasteiger partial charge on any atom is 0.0917 e. The Bertz CT molecular complexity index is 358. The maximum absolute atomic E-state index is 10.2. The third-order valence-electron chi connectivity index (χ3n) is 3.16. The molecule has 0 saturated heterocycles. The van der Waals surface area contributed by atoms with Crippen molar-refractivity contribution in [2.24, 2.45) is 0 Å². The van der Waals surface area contributed by atoms with Gasteiger partial charge >= 0.3 is 0 Å². The molecule has 0 fully saturated rings. The number of nitrogens with one attached hydrogen (secondary N) is 1. The Morgan fingerprint density at radius 1 is 1.06 bits per heavy atom. The molecule has 0 amide bonds. The lowest BCUT2D eigenvalue weighted by molar-refractivity contribution is 0.176. The van der Waals surface area contributed by atoms with Gasteiger partial charge in [0.1, 0.15) is 0 Å². The zero-order valence-electron chi connectivity index (χ0n) is 11.6. The van der Waals surface area contributed by atoms with Crippen LogP contribution < -0.4 is 5.32 Å². The van der Waals surface area contributed by atoms with Gasteiger partial charge in [-0.25, -0.2) is 0 Å². The number of aliphatic hydroxyl groups excluding tert-OH is 1. The summed E-state index contributed by atoms with van der Waals surface area (Å²) in [4.78, 5) is 0. The summed E-state index contributed by atoms with van der Waals surface area (Å²) >= 11 is 0. The summed E-state index contributed by atoms with van der Waals surface area (Å²) in [5.41, 5.74) is 3.61. The fraction of sp³-hybridized carbons (Fsp3) is 0.600. The van der Waals surface area contributed by atoms with Gasteiger partial charge in [-0.05, 0) is 35.6 Å². The first-order chi connectivity index (χ1) is 7.97. The summed E-state index contributed by atoms with van der Waals surface area (Å²) < 4.78 is 0. The normalized spacial score (nSPS) is 13.4. The van der Waals surface area contributed by atoms with Gasteiger partial charge in [0.25, 0.3) is 0 Å². The summed E-state index contributed by atoms with van der Waals surface area (Å²) in [6, 6.07) is 6.49. The molecule has 1 atom stereocenters. The number of hydrogen-bond acceptors (Lipinski definition) is 2. The molecule has 1 rings (SSSR count). The van der Waals surface area contributed by atoms with Crippen LogP contribution in [-0.4, -0.2) is 18.7 Å². The van der Waals surface area contributed by atoms with Crippen molar-refractivity contribution in [3.05, 3.63) is 34.9 Å². The number of rotatable bonds is 5. The molecule has 0 aliphatic rings. The fourth-order valence-electron chi connectivity index (χ4n) is 2.07. The van der Waals surface area contributed by atoms with Gasteiger partial charge in [-0.2, -0.15) is 0 Å². The van der Waals surface area contributed by atoms with Gasteiger partial charge in [0.05, 0.1) is 6.10 Å². The van der Waals surface area contributed by atoms with Crippen molar-refractivity contribution >= 4 is 0 Å². The first-order valence-electron chi connectivity index (χ1n) is 6.43. The Hall–Kier alpha value is -0.860. The standard InChI is InChI=1S/C15H25NO/c1-10(2)12-6-7-13(11(3)4)14(8-12)15(17)9-16-5/h6-8,10-11,15-17H,9H2,1-5H3. The highest BCUT2D eigenvalue weighted by Crippen LogP contribution is 2.28. The Labute approximate surface area is 105 Å². The average Bonchev–Trinajstić information content (AvgIpc) is 2.28. The maximum atomic E-state index is 10.2. The van der Waals surface area contributed by atoms with E-state index in [4.69, 9.17) is 0 Å². The molecule has 0 bridgehead atoms. The molecule has 1 aromatic rings. The third kappa shape index (κ3) is 3.55. The predicted octanol–water partition coefficient (Wildman–Crippen LogP) is 3.19. The van der Waals surface area contributed by atoms with Crippen LogP contribution in [0.25, 0.3) is 0 Å². The number of benzene rings is 1. The Morgan fingerprint density at radius 2 is 1.71 bits per heavy atom. The highest BCUT2D eigenvalue weighted by Gasteiger charge is 2.15. The van der Waals surface area contributed by atoms with E-state index < -0.39 is 6.10 Å². The van der Waals surface area contributed by atoms with E-state index in [0.717, 1.165) is 5.56 Å². The lowest BCUT2D eigenvalue weighted by Gasteiger charge is -2.20. The largest absolute Gasteiger partial charge is 0.387 e. The second kappa shape index (κ2) is 6.18. The van der Waals surface area contributed by atoms with Crippen LogP contribution in [0.1, 0.15) is 62.3 Å². The Kier molecular flexibility index (Phi) is 5.16. The van der Waals surface area contributed by atoms with Crippen LogP contribution in [0.2, 0.25) is 0 Å². The molecule has 96 valence electrons. The molecule has 1 aromatic carbocycles. The van der Waals surface area contributed by atoms with Crippen LogP contribution in [0.4, 0.5) is 0 Å². The highest BCUT2D eigenvalue weighted by molar-refractivity contribution is 5.37. The lowest BCUT2D eigenvalue weighted by atomic mass is 9.89. The van der Waals surface area contributed by atoms with Crippen molar-refractivity contribution in [3.8, 4) is 0 Å². The zero-order chi connectivity index (χ0) is 13.0. The summed E-state index contributed by atoms with van der Waals surface area (Å²) in [7, 11) is 1.87. The topological polar surface area (TPSA) is 32.3 Å². The summed E-state index contributed by atoms with van der Waals surface area (Å²) in [6.07, 6.45) is -0.420. The van der Waals surface area contributed by atoms with Crippen molar-refractivity contribution in [1.29, 1.82) is 0 Å². The van der Waals surface area contributed by atoms with Crippen LogP contribution in [0.3, 0.4) is 0 Å². The molecular weight excluding hydrogens is 210 g/mol. The molecule has 17 heavy (non-hydrogen) atoms. The van der Waals surface area contributed by atoms with Gasteiger partial charge < -0.3 is 10.4 Å². The van der Waals surface area contributed by atoms with Crippen LogP contribution in [-0.2, 0) is 0 Å². The van der Waals surface area contributed by atoms with Gasteiger partial charge in [-0.15, -0.1) is 0 Å². The minimum atomic E-state index is -0.420. The minimum Gasteiger partial charge on any atom is -0.387 e. The fourth-order valence-corrected chi connectivity index (χ4v) is 2.07. The summed E-state index contributed by atoms with van der Waals surface area (Å²) in [5.74, 6) is 0.939. The summed E-state index contributed by atoms with van der Waals surface area (Å²) in [5, 5.41) is 13.2. The molecule has 0 spiro atoms. The first kappa shape index (κ1) is 14.2. The van der Waals surface area contributed by atoms with E-state index in [2.05, 4.69) is 51.2 Å². The van der Waals surface area contributed by atoms with Crippen molar-refractivity contribution < 1.29 is 5.11 Å². The summed E-state index contributed by atoms with van der Waals surface area (Å²) in [6.45, 7) is 9.29. The molecule has 0 heterocycles. The van der Waals surface area contributed by atoms with Crippen LogP contribution in [0.5, 0.6) is 0 Å². The van der Waals surface area contributed by atoms with Crippen LogP contribution in [0, 0.1) is 0 Å². The van der Waals surface area contributed by atoms with Gasteiger partial charge in [-0.1, -0.05) is 45.9 Å². The monoisotopic (exact) mass is 235 g/mol. The smallest absolute Gasteiger partial charge is 0.0917 e. The van der Waals surface area contributed by atoms with Gasteiger partial charge in [0.15, 0.2) is 0 Å². The second-order valence-electron chi connectivity index (χ2n) is 5.27. The molecule has 0 aliphatic carbocycles. The van der Waals surface area contributed by atoms with E-state index in [1.165, 1.54) is 11.1 Å². The third-order valence-corrected chi connectivity index (χ3v) is 3.16. The molecule has 0 radical (unpaired) electrons. The molecular formula is C15H25NO. The molecule has 2 N–H and O–H groups in total. The molecule has 0 aliphatic heterocycles. The van der Waals surface area contributed by atoms with E-state index in [0.29, 0.717) is 18.4 Å².